The molecule has 0 atom stereocenters. The van der Waals surface area contributed by atoms with Gasteiger partial charge < -0.3 is 5.32 Å². The van der Waals surface area contributed by atoms with Gasteiger partial charge in [-0.05, 0) is 79.8 Å². The molecule has 0 bridgehead atoms. The fraction of sp³-hybridized carbons (Fsp3) is 0.345. The van der Waals surface area contributed by atoms with Crippen molar-refractivity contribution in [3.63, 3.8) is 0 Å². The highest BCUT2D eigenvalue weighted by Crippen LogP contribution is 2.28. The third-order valence-electron chi connectivity index (χ3n) is 6.95. The van der Waals surface area contributed by atoms with Gasteiger partial charge >= 0.3 is 0 Å². The fourth-order valence-corrected chi connectivity index (χ4v) is 7.35. The van der Waals surface area contributed by atoms with Crippen LogP contribution in [-0.2, 0) is 26.6 Å². The van der Waals surface area contributed by atoms with Gasteiger partial charge in [-0.15, -0.1) is 0 Å². The average Bonchev–Trinajstić information content (AvgIpc) is 3.18. The summed E-state index contributed by atoms with van der Waals surface area (Å²) in [5.41, 5.74) is 4.00. The Kier molecular flexibility index (Phi) is 8.78. The monoisotopic (exact) mass is 569 g/mol. The lowest BCUT2D eigenvalue weighted by atomic mass is 10.1. The lowest BCUT2D eigenvalue weighted by molar-refractivity contribution is 0.102. The maximum atomic E-state index is 13.0. The summed E-state index contributed by atoms with van der Waals surface area (Å²) in [4.78, 5) is 13.1. The number of nitrogens with zero attached hydrogens (tertiary/aromatic N) is 2. The summed E-state index contributed by atoms with van der Waals surface area (Å²) in [5.74, 6) is -0.348. The number of anilines is 2. The minimum atomic E-state index is -3.56. The Hall–Kier alpha value is -3.21. The smallest absolute Gasteiger partial charge is 0.255 e. The van der Waals surface area contributed by atoms with Gasteiger partial charge in [-0.2, -0.15) is 4.31 Å². The van der Waals surface area contributed by atoms with Crippen LogP contribution < -0.4 is 9.62 Å². The van der Waals surface area contributed by atoms with Gasteiger partial charge in [0.1, 0.15) is 0 Å². The highest BCUT2D eigenvalue weighted by Gasteiger charge is 2.25. The number of rotatable bonds is 8. The first-order valence-corrected chi connectivity index (χ1v) is 16.3. The highest BCUT2D eigenvalue weighted by molar-refractivity contribution is 7.92. The Morgan fingerprint density at radius 1 is 0.821 bits per heavy atom. The molecule has 3 aromatic rings. The van der Waals surface area contributed by atoms with Gasteiger partial charge in [-0.3, -0.25) is 9.10 Å². The molecule has 1 amide bonds. The van der Waals surface area contributed by atoms with E-state index in [0.717, 1.165) is 42.4 Å². The van der Waals surface area contributed by atoms with E-state index in [1.807, 2.05) is 32.0 Å². The van der Waals surface area contributed by atoms with Crippen LogP contribution >= 0.6 is 0 Å². The molecule has 0 radical (unpaired) electrons. The van der Waals surface area contributed by atoms with Gasteiger partial charge in [0.05, 0.1) is 23.4 Å². The average molecular weight is 570 g/mol. The normalized spacial score (nSPS) is 14.9. The number of carbonyl (C=O) groups excluding carboxylic acids is 1. The Balaban J connectivity index is 1.45. The predicted octanol–water partition coefficient (Wildman–Crippen LogP) is 5.09. The third kappa shape index (κ3) is 6.87. The summed E-state index contributed by atoms with van der Waals surface area (Å²) in [6.45, 7) is 4.96. The number of sulfonamides is 2. The van der Waals surface area contributed by atoms with Gasteiger partial charge in [-0.25, -0.2) is 16.8 Å². The second kappa shape index (κ2) is 11.9. The number of para-hydroxylation sites is 1. The van der Waals surface area contributed by atoms with E-state index in [0.29, 0.717) is 30.0 Å². The van der Waals surface area contributed by atoms with E-state index in [1.54, 1.807) is 40.7 Å². The quantitative estimate of drug-likeness (QED) is 0.407. The van der Waals surface area contributed by atoms with Crippen molar-refractivity contribution in [2.75, 3.05) is 29.0 Å². The summed E-state index contributed by atoms with van der Waals surface area (Å²) < 4.78 is 54.2. The third-order valence-corrected chi connectivity index (χ3v) is 9.97. The van der Waals surface area contributed by atoms with E-state index >= 15 is 0 Å². The highest BCUT2D eigenvalue weighted by atomic mass is 32.2. The molecule has 0 unspecified atom stereocenters. The number of hydrogen-bond acceptors (Lipinski definition) is 5. The van der Waals surface area contributed by atoms with E-state index in [4.69, 9.17) is 0 Å². The van der Waals surface area contributed by atoms with Crippen LogP contribution in [0.1, 0.15) is 52.7 Å². The van der Waals surface area contributed by atoms with Crippen molar-refractivity contribution < 1.29 is 21.6 Å². The minimum Gasteiger partial charge on any atom is -0.322 e. The molecule has 1 N–H and O–H groups in total. The molecule has 39 heavy (non-hydrogen) atoms. The molecule has 0 saturated carbocycles. The zero-order chi connectivity index (χ0) is 28.2. The minimum absolute atomic E-state index is 0.138. The molecule has 1 aliphatic rings. The summed E-state index contributed by atoms with van der Waals surface area (Å²) in [5, 5.41) is 2.80. The fourth-order valence-electron chi connectivity index (χ4n) is 4.83. The standard InChI is InChI=1S/C29H35N3O5S2/c1-22-9-8-10-23(2)28(22)32(38(3,34)35)21-24-11-13-25(14-12-24)29(33)30-26-15-17-27(18-16-26)39(36,37)31-19-6-4-5-7-20-31/h8-18H,4-7,19-21H2,1-3H3,(H,30,33). The molecule has 4 rings (SSSR count). The van der Waals surface area contributed by atoms with E-state index in [9.17, 15) is 21.6 Å². The Morgan fingerprint density at radius 2 is 1.38 bits per heavy atom. The first-order chi connectivity index (χ1) is 18.5. The molecule has 8 nitrogen and oxygen atoms in total. The van der Waals surface area contributed by atoms with Crippen LogP contribution in [0.5, 0.6) is 0 Å². The molecule has 208 valence electrons. The molecule has 0 aromatic heterocycles. The second-order valence-corrected chi connectivity index (χ2v) is 13.8. The number of aryl methyl sites for hydroxylation is 2. The van der Waals surface area contributed by atoms with E-state index in [1.165, 1.54) is 22.7 Å². The van der Waals surface area contributed by atoms with Crippen LogP contribution in [0, 0.1) is 13.8 Å². The number of hydrogen-bond donors (Lipinski definition) is 1. The Morgan fingerprint density at radius 3 is 1.92 bits per heavy atom. The first-order valence-electron chi connectivity index (χ1n) is 13.0. The van der Waals surface area contributed by atoms with Crippen LogP contribution in [0.15, 0.2) is 71.6 Å². The lowest BCUT2D eigenvalue weighted by Gasteiger charge is -2.26. The molecular formula is C29H35N3O5S2. The van der Waals surface area contributed by atoms with Crippen LogP contribution in [0.2, 0.25) is 0 Å². The van der Waals surface area contributed by atoms with Crippen molar-refractivity contribution in [1.29, 1.82) is 0 Å². The summed E-state index contributed by atoms with van der Waals surface area (Å²) in [6, 6.07) is 18.6. The summed E-state index contributed by atoms with van der Waals surface area (Å²) in [6.07, 6.45) is 5.00. The van der Waals surface area contributed by atoms with Crippen molar-refractivity contribution >= 4 is 37.3 Å². The molecule has 10 heteroatoms. The maximum absolute atomic E-state index is 13.0. The summed E-state index contributed by atoms with van der Waals surface area (Å²) in [7, 11) is -7.10. The van der Waals surface area contributed by atoms with Crippen molar-refractivity contribution in [2.24, 2.45) is 0 Å². The van der Waals surface area contributed by atoms with Crippen LogP contribution in [-0.4, -0.2) is 46.4 Å². The summed E-state index contributed by atoms with van der Waals surface area (Å²) >= 11 is 0. The van der Waals surface area contributed by atoms with Crippen molar-refractivity contribution in [3.8, 4) is 0 Å². The molecule has 0 spiro atoms. The van der Waals surface area contributed by atoms with Crippen molar-refractivity contribution in [2.45, 2.75) is 51.0 Å². The zero-order valence-corrected chi connectivity index (χ0v) is 24.2. The molecule has 1 saturated heterocycles. The van der Waals surface area contributed by atoms with Gasteiger partial charge in [0.15, 0.2) is 0 Å². The van der Waals surface area contributed by atoms with Gasteiger partial charge in [0, 0.05) is 24.3 Å². The van der Waals surface area contributed by atoms with Gasteiger partial charge in [0.2, 0.25) is 20.0 Å². The topological polar surface area (TPSA) is 104 Å². The number of amides is 1. The number of carbonyl (C=O) groups is 1. The zero-order valence-electron chi connectivity index (χ0n) is 22.6. The van der Waals surface area contributed by atoms with Crippen molar-refractivity contribution in [3.05, 3.63) is 89.0 Å². The number of benzene rings is 3. The molecule has 1 fully saturated rings. The Labute approximate surface area is 231 Å². The SMILES string of the molecule is Cc1cccc(C)c1N(Cc1ccc(C(=O)Nc2ccc(S(=O)(=O)N3CCCCCC3)cc2)cc1)S(C)(=O)=O. The largest absolute Gasteiger partial charge is 0.322 e. The van der Waals surface area contributed by atoms with Crippen LogP contribution in [0.3, 0.4) is 0 Å². The lowest BCUT2D eigenvalue weighted by Crippen LogP contribution is -2.31. The van der Waals surface area contributed by atoms with Crippen LogP contribution in [0.25, 0.3) is 0 Å². The molecule has 0 aliphatic carbocycles. The van der Waals surface area contributed by atoms with E-state index < -0.39 is 20.0 Å². The molecule has 3 aromatic carbocycles. The predicted molar refractivity (Wildman–Crippen MR) is 155 cm³/mol. The molecule has 1 heterocycles. The Bertz CT molecular complexity index is 1510. The number of nitrogens with one attached hydrogen (secondary N) is 1. The first kappa shape index (κ1) is 28.8. The van der Waals surface area contributed by atoms with Gasteiger partial charge in [0.25, 0.3) is 5.91 Å². The van der Waals surface area contributed by atoms with E-state index in [-0.39, 0.29) is 17.3 Å². The molecule has 1 aliphatic heterocycles. The second-order valence-electron chi connectivity index (χ2n) is 10.0. The maximum Gasteiger partial charge on any atom is 0.255 e. The molecular weight excluding hydrogens is 534 g/mol. The van der Waals surface area contributed by atoms with Crippen molar-refractivity contribution in [1.82, 2.24) is 4.31 Å². The van der Waals surface area contributed by atoms with E-state index in [2.05, 4.69) is 5.32 Å². The van der Waals surface area contributed by atoms with Gasteiger partial charge in [-0.1, -0.05) is 43.2 Å². The van der Waals surface area contributed by atoms with Crippen LogP contribution in [0.4, 0.5) is 11.4 Å².